The molecule has 1 N–H and O–H groups in total. The number of aromatic nitrogens is 6. The summed E-state index contributed by atoms with van der Waals surface area (Å²) in [6.45, 7) is 0.307. The zero-order chi connectivity index (χ0) is 18.7. The molecule has 0 aromatic carbocycles. The van der Waals surface area contributed by atoms with Gasteiger partial charge in [0.25, 0.3) is 0 Å². The van der Waals surface area contributed by atoms with Gasteiger partial charge in [0.15, 0.2) is 5.82 Å². The van der Waals surface area contributed by atoms with Crippen molar-refractivity contribution in [1.29, 1.82) is 0 Å². The summed E-state index contributed by atoms with van der Waals surface area (Å²) >= 11 is 5.97. The summed E-state index contributed by atoms with van der Waals surface area (Å²) in [5, 5.41) is 7.28. The third-order valence-electron chi connectivity index (χ3n) is 3.27. The highest BCUT2D eigenvalue weighted by Crippen LogP contribution is 2.26. The fraction of sp³-hybridized carbons (Fsp3) is 0.357. The summed E-state index contributed by atoms with van der Waals surface area (Å²) in [4.78, 5) is 16.1. The molecule has 3 heterocycles. The van der Waals surface area contributed by atoms with Gasteiger partial charge in [0.2, 0.25) is 5.28 Å². The molecule has 0 saturated heterocycles. The number of ether oxygens (including phenoxy) is 1. The average Bonchev–Trinajstić information content (AvgIpc) is 2.88. The standard InChI is InChI=1S/C14H13ClF3N7O/c1-8-10-11(25(24-8)4-5-26-6-14(16,17)18)12(23-13(15)22-10)21-9-2-3-19-7-20-9/h2-3,7H,4-6H2,1H3,(H,19,20,21,22,23). The summed E-state index contributed by atoms with van der Waals surface area (Å²) in [6.07, 6.45) is -1.48. The van der Waals surface area contributed by atoms with Gasteiger partial charge in [-0.05, 0) is 24.6 Å². The summed E-state index contributed by atoms with van der Waals surface area (Å²) in [5.41, 5.74) is 1.53. The topological polar surface area (TPSA) is 90.6 Å². The number of aryl methyl sites for hydroxylation is 1. The zero-order valence-corrected chi connectivity index (χ0v) is 14.2. The number of fused-ring (bicyclic) bond motifs is 1. The second kappa shape index (κ2) is 7.38. The quantitative estimate of drug-likeness (QED) is 0.513. The van der Waals surface area contributed by atoms with Crippen molar-refractivity contribution in [3.8, 4) is 0 Å². The minimum absolute atomic E-state index is 0.00466. The average molecular weight is 388 g/mol. The van der Waals surface area contributed by atoms with Crippen LogP contribution in [0, 0.1) is 6.92 Å². The first-order chi connectivity index (χ1) is 12.3. The molecule has 0 aliphatic carbocycles. The Morgan fingerprint density at radius 1 is 1.31 bits per heavy atom. The molecule has 8 nitrogen and oxygen atoms in total. The minimum Gasteiger partial charge on any atom is -0.370 e. The highest BCUT2D eigenvalue weighted by molar-refractivity contribution is 6.28. The number of alkyl halides is 3. The lowest BCUT2D eigenvalue weighted by Crippen LogP contribution is -2.19. The molecule has 0 saturated carbocycles. The SMILES string of the molecule is Cc1nn(CCOCC(F)(F)F)c2c(Nc3ccncn3)nc(Cl)nc12. The molecule has 12 heteroatoms. The maximum absolute atomic E-state index is 12.2. The van der Waals surface area contributed by atoms with Crippen LogP contribution in [0.3, 0.4) is 0 Å². The van der Waals surface area contributed by atoms with E-state index in [-0.39, 0.29) is 18.4 Å². The van der Waals surface area contributed by atoms with Gasteiger partial charge in [-0.1, -0.05) is 0 Å². The third-order valence-corrected chi connectivity index (χ3v) is 3.44. The van der Waals surface area contributed by atoms with Gasteiger partial charge in [0.05, 0.1) is 18.8 Å². The Balaban J connectivity index is 1.89. The van der Waals surface area contributed by atoms with E-state index >= 15 is 0 Å². The summed E-state index contributed by atoms with van der Waals surface area (Å²) in [7, 11) is 0. The fourth-order valence-corrected chi connectivity index (χ4v) is 2.45. The van der Waals surface area contributed by atoms with Crippen molar-refractivity contribution in [2.45, 2.75) is 19.6 Å². The Morgan fingerprint density at radius 2 is 2.12 bits per heavy atom. The lowest BCUT2D eigenvalue weighted by atomic mass is 10.3. The Kier molecular flexibility index (Phi) is 5.18. The number of hydrogen-bond acceptors (Lipinski definition) is 7. The lowest BCUT2D eigenvalue weighted by Gasteiger charge is -2.10. The van der Waals surface area contributed by atoms with Crippen LogP contribution in [-0.4, -0.2) is 49.1 Å². The van der Waals surface area contributed by atoms with E-state index in [0.717, 1.165) is 0 Å². The Morgan fingerprint density at radius 3 is 2.81 bits per heavy atom. The van der Waals surface area contributed by atoms with Crippen molar-refractivity contribution >= 4 is 34.3 Å². The molecule has 3 rings (SSSR count). The monoisotopic (exact) mass is 387 g/mol. The van der Waals surface area contributed by atoms with E-state index in [4.69, 9.17) is 11.6 Å². The molecule has 0 radical (unpaired) electrons. The van der Waals surface area contributed by atoms with Gasteiger partial charge < -0.3 is 10.1 Å². The van der Waals surface area contributed by atoms with Gasteiger partial charge in [-0.15, -0.1) is 0 Å². The molecule has 26 heavy (non-hydrogen) atoms. The number of anilines is 2. The van der Waals surface area contributed by atoms with Crippen LogP contribution < -0.4 is 5.32 Å². The molecule has 0 atom stereocenters. The van der Waals surface area contributed by atoms with E-state index in [2.05, 4.69) is 35.1 Å². The molecule has 0 aliphatic rings. The third kappa shape index (κ3) is 4.35. The van der Waals surface area contributed by atoms with E-state index in [9.17, 15) is 13.2 Å². The van der Waals surface area contributed by atoms with Crippen molar-refractivity contribution in [3.63, 3.8) is 0 Å². The van der Waals surface area contributed by atoms with Crippen LogP contribution in [0.2, 0.25) is 5.28 Å². The molecule has 0 fully saturated rings. The minimum atomic E-state index is -4.38. The summed E-state index contributed by atoms with van der Waals surface area (Å²) in [6, 6.07) is 1.63. The Labute approximate surface area is 150 Å². The Hall–Kier alpha value is -2.53. The maximum atomic E-state index is 12.2. The van der Waals surface area contributed by atoms with Gasteiger partial charge in [-0.2, -0.15) is 23.3 Å². The largest absolute Gasteiger partial charge is 0.411 e. The van der Waals surface area contributed by atoms with Crippen molar-refractivity contribution < 1.29 is 17.9 Å². The zero-order valence-electron chi connectivity index (χ0n) is 13.5. The number of hydrogen-bond donors (Lipinski definition) is 1. The molecule has 0 aliphatic heterocycles. The molecule has 138 valence electrons. The summed E-state index contributed by atoms with van der Waals surface area (Å²) < 4.78 is 42.7. The van der Waals surface area contributed by atoms with E-state index in [0.29, 0.717) is 28.4 Å². The van der Waals surface area contributed by atoms with E-state index in [1.54, 1.807) is 19.2 Å². The number of nitrogens with one attached hydrogen (secondary N) is 1. The van der Waals surface area contributed by atoms with Crippen LogP contribution in [0.15, 0.2) is 18.6 Å². The van der Waals surface area contributed by atoms with Gasteiger partial charge >= 0.3 is 6.18 Å². The molecule has 0 amide bonds. The van der Waals surface area contributed by atoms with Crippen molar-refractivity contribution in [3.05, 3.63) is 29.6 Å². The first kappa shape index (κ1) is 18.3. The smallest absolute Gasteiger partial charge is 0.370 e. The highest BCUT2D eigenvalue weighted by Gasteiger charge is 2.27. The molecule has 3 aromatic heterocycles. The maximum Gasteiger partial charge on any atom is 0.411 e. The molecule has 0 bridgehead atoms. The van der Waals surface area contributed by atoms with Crippen LogP contribution in [0.5, 0.6) is 0 Å². The van der Waals surface area contributed by atoms with E-state index in [1.807, 2.05) is 0 Å². The van der Waals surface area contributed by atoms with Gasteiger partial charge in [0, 0.05) is 6.20 Å². The highest BCUT2D eigenvalue weighted by atomic mass is 35.5. The second-order valence-corrected chi connectivity index (χ2v) is 5.57. The van der Waals surface area contributed by atoms with Crippen molar-refractivity contribution in [2.75, 3.05) is 18.5 Å². The van der Waals surface area contributed by atoms with Crippen LogP contribution in [0.4, 0.5) is 24.8 Å². The second-order valence-electron chi connectivity index (χ2n) is 5.23. The van der Waals surface area contributed by atoms with Crippen molar-refractivity contribution in [1.82, 2.24) is 29.7 Å². The molecule has 3 aromatic rings. The van der Waals surface area contributed by atoms with Crippen molar-refractivity contribution in [2.24, 2.45) is 0 Å². The van der Waals surface area contributed by atoms with Gasteiger partial charge in [-0.3, -0.25) is 4.68 Å². The Bertz CT molecular complexity index is 901. The van der Waals surface area contributed by atoms with Crippen LogP contribution >= 0.6 is 11.6 Å². The van der Waals surface area contributed by atoms with E-state index in [1.165, 1.54) is 11.0 Å². The number of halogens is 4. The van der Waals surface area contributed by atoms with Crippen LogP contribution in [0.1, 0.15) is 5.69 Å². The first-order valence-electron chi connectivity index (χ1n) is 7.41. The van der Waals surface area contributed by atoms with Crippen LogP contribution in [-0.2, 0) is 11.3 Å². The van der Waals surface area contributed by atoms with Gasteiger partial charge in [0.1, 0.15) is 29.8 Å². The van der Waals surface area contributed by atoms with E-state index < -0.39 is 12.8 Å². The molecular formula is C14H13ClF3N7O. The normalized spacial score (nSPS) is 11.9. The summed E-state index contributed by atoms with van der Waals surface area (Å²) in [5.74, 6) is 0.796. The van der Waals surface area contributed by atoms with Crippen LogP contribution in [0.25, 0.3) is 11.0 Å². The molecule has 0 spiro atoms. The van der Waals surface area contributed by atoms with Gasteiger partial charge in [-0.25, -0.2) is 15.0 Å². The fourth-order valence-electron chi connectivity index (χ4n) is 2.28. The lowest BCUT2D eigenvalue weighted by molar-refractivity contribution is -0.174. The number of rotatable bonds is 6. The molecular weight excluding hydrogens is 375 g/mol. The predicted octanol–water partition coefficient (Wildman–Crippen LogP) is 2.90. The molecule has 0 unspecified atom stereocenters. The first-order valence-corrected chi connectivity index (χ1v) is 7.79. The predicted molar refractivity (Wildman–Crippen MR) is 87.3 cm³/mol. The number of nitrogens with zero attached hydrogens (tertiary/aromatic N) is 6.